The van der Waals surface area contributed by atoms with Gasteiger partial charge in [-0.3, -0.25) is 0 Å². The van der Waals surface area contributed by atoms with Crippen LogP contribution in [0.15, 0.2) is 67.1 Å². The monoisotopic (exact) mass is 412 g/mol. The van der Waals surface area contributed by atoms with Crippen molar-refractivity contribution < 1.29 is 4.74 Å². The molecule has 7 heteroatoms. The van der Waals surface area contributed by atoms with E-state index in [-0.39, 0.29) is 5.92 Å². The Kier molecular flexibility index (Phi) is 4.46. The first-order valence-electron chi connectivity index (χ1n) is 10.7. The number of nitrogens with one attached hydrogen (secondary N) is 2. The molecule has 2 aromatic heterocycles. The van der Waals surface area contributed by atoms with E-state index in [1.54, 1.807) is 0 Å². The topological polar surface area (TPSA) is 66.7 Å². The second-order valence-electron chi connectivity index (χ2n) is 7.96. The Morgan fingerprint density at radius 2 is 1.87 bits per heavy atom. The van der Waals surface area contributed by atoms with Crippen molar-refractivity contribution in [3.8, 4) is 0 Å². The number of ether oxygens (including phenoxy) is 1. The smallest absolute Gasteiger partial charge is 0.180 e. The largest absolute Gasteiger partial charge is 0.384 e. The molecule has 156 valence electrons. The van der Waals surface area contributed by atoms with E-state index < -0.39 is 0 Å². The number of nitrogens with zero attached hydrogens (tertiary/aromatic N) is 4. The summed E-state index contributed by atoms with van der Waals surface area (Å²) in [5.41, 5.74) is 6.53. The van der Waals surface area contributed by atoms with Gasteiger partial charge in [-0.25, -0.2) is 9.97 Å². The number of para-hydroxylation sites is 1. The number of aromatic nitrogens is 3. The molecule has 0 bridgehead atoms. The molecule has 2 aliphatic heterocycles. The second-order valence-corrected chi connectivity index (χ2v) is 7.96. The average molecular weight is 412 g/mol. The number of benzene rings is 2. The van der Waals surface area contributed by atoms with Crippen LogP contribution in [0.5, 0.6) is 0 Å². The van der Waals surface area contributed by atoms with Crippen LogP contribution < -0.4 is 15.5 Å². The summed E-state index contributed by atoms with van der Waals surface area (Å²) >= 11 is 0. The molecule has 2 N–H and O–H groups in total. The second kappa shape index (κ2) is 7.59. The lowest BCUT2D eigenvalue weighted by atomic mass is 9.98. The fraction of sp³-hybridized carbons (Fsp3) is 0.250. The van der Waals surface area contributed by atoms with Crippen LogP contribution in [0.25, 0.3) is 5.65 Å². The molecular weight excluding hydrogens is 388 g/mol. The third kappa shape index (κ3) is 3.37. The number of rotatable bonds is 4. The van der Waals surface area contributed by atoms with Crippen molar-refractivity contribution in [2.45, 2.75) is 5.92 Å². The van der Waals surface area contributed by atoms with Crippen molar-refractivity contribution in [3.63, 3.8) is 0 Å². The molecule has 1 fully saturated rings. The molecule has 0 spiro atoms. The van der Waals surface area contributed by atoms with Gasteiger partial charge in [-0.05, 0) is 35.9 Å². The van der Waals surface area contributed by atoms with Crippen LogP contribution in [0, 0.1) is 0 Å². The van der Waals surface area contributed by atoms with Crippen molar-refractivity contribution in [3.05, 3.63) is 78.4 Å². The zero-order valence-corrected chi connectivity index (χ0v) is 17.2. The van der Waals surface area contributed by atoms with Crippen molar-refractivity contribution in [2.75, 3.05) is 48.4 Å². The Labute approximate surface area is 180 Å². The Morgan fingerprint density at radius 1 is 1.03 bits per heavy atom. The average Bonchev–Trinajstić information content (AvgIpc) is 3.47. The normalized spacial score (nSPS) is 18.1. The molecular formula is C24H24N6O. The third-order valence-corrected chi connectivity index (χ3v) is 6.09. The Hall–Kier alpha value is -3.58. The highest BCUT2D eigenvalue weighted by atomic mass is 16.5. The van der Waals surface area contributed by atoms with E-state index in [2.05, 4.69) is 75.2 Å². The molecule has 31 heavy (non-hydrogen) atoms. The molecule has 1 unspecified atom stereocenters. The molecule has 7 nitrogen and oxygen atoms in total. The quantitative estimate of drug-likeness (QED) is 0.531. The van der Waals surface area contributed by atoms with Gasteiger partial charge in [0.2, 0.25) is 0 Å². The summed E-state index contributed by atoms with van der Waals surface area (Å²) in [5, 5.41) is 6.99. The summed E-state index contributed by atoms with van der Waals surface area (Å²) < 4.78 is 7.51. The standard InChI is InChI=1S/C24H24N6O/c1-2-4-21-19(3-1)20(15-26-21)22-16-30-10-9-25-24(30)23(28-22)27-17-5-7-18(8-6-17)29-11-13-31-14-12-29/h1-10,16,20,26H,11-15H2,(H,27,28). The highest BCUT2D eigenvalue weighted by Gasteiger charge is 2.25. The molecule has 1 atom stereocenters. The fourth-order valence-corrected chi connectivity index (χ4v) is 4.46. The minimum atomic E-state index is 0.215. The molecule has 6 rings (SSSR count). The van der Waals surface area contributed by atoms with Crippen LogP contribution in [-0.4, -0.2) is 47.2 Å². The Morgan fingerprint density at radius 3 is 2.74 bits per heavy atom. The minimum Gasteiger partial charge on any atom is -0.384 e. The zero-order chi connectivity index (χ0) is 20.6. The van der Waals surface area contributed by atoms with Gasteiger partial charge in [0.05, 0.1) is 18.9 Å². The summed E-state index contributed by atoms with van der Waals surface area (Å²) in [5.74, 6) is 0.984. The maximum atomic E-state index is 5.46. The van der Waals surface area contributed by atoms with Crippen LogP contribution in [-0.2, 0) is 4.74 Å². The lowest BCUT2D eigenvalue weighted by Gasteiger charge is -2.28. The van der Waals surface area contributed by atoms with Gasteiger partial charge in [0.15, 0.2) is 11.5 Å². The van der Waals surface area contributed by atoms with Crippen molar-refractivity contribution in [1.82, 2.24) is 14.4 Å². The van der Waals surface area contributed by atoms with E-state index in [9.17, 15) is 0 Å². The number of fused-ring (bicyclic) bond motifs is 2. The summed E-state index contributed by atoms with van der Waals surface area (Å²) in [6.07, 6.45) is 5.87. The Bertz CT molecular complexity index is 1210. The van der Waals surface area contributed by atoms with E-state index in [1.807, 2.05) is 16.8 Å². The van der Waals surface area contributed by atoms with Gasteiger partial charge in [0, 0.05) is 61.2 Å². The lowest BCUT2D eigenvalue weighted by molar-refractivity contribution is 0.122. The van der Waals surface area contributed by atoms with Gasteiger partial charge in [0.25, 0.3) is 0 Å². The maximum Gasteiger partial charge on any atom is 0.180 e. The molecule has 0 amide bonds. The van der Waals surface area contributed by atoms with Gasteiger partial charge in [-0.2, -0.15) is 0 Å². The SMILES string of the molecule is c1ccc2c(c1)NCC2c1cn2ccnc2c(Nc2ccc(N3CCOCC3)cc2)n1. The van der Waals surface area contributed by atoms with Gasteiger partial charge in [0.1, 0.15) is 0 Å². The maximum absolute atomic E-state index is 5.46. The molecule has 4 heterocycles. The van der Waals surface area contributed by atoms with Gasteiger partial charge < -0.3 is 24.7 Å². The molecule has 1 saturated heterocycles. The van der Waals surface area contributed by atoms with Crippen LogP contribution in [0.2, 0.25) is 0 Å². The van der Waals surface area contributed by atoms with E-state index >= 15 is 0 Å². The first-order chi connectivity index (χ1) is 15.3. The van der Waals surface area contributed by atoms with Crippen molar-refractivity contribution in [1.29, 1.82) is 0 Å². The first-order valence-corrected chi connectivity index (χ1v) is 10.7. The summed E-state index contributed by atoms with van der Waals surface area (Å²) in [6.45, 7) is 4.28. The number of hydrogen-bond donors (Lipinski definition) is 2. The van der Waals surface area contributed by atoms with Crippen molar-refractivity contribution >= 4 is 28.5 Å². The van der Waals surface area contributed by atoms with Gasteiger partial charge in [-0.1, -0.05) is 18.2 Å². The van der Waals surface area contributed by atoms with E-state index in [4.69, 9.17) is 9.72 Å². The molecule has 2 aliphatic rings. The number of morpholine rings is 1. The first kappa shape index (κ1) is 18.2. The van der Waals surface area contributed by atoms with Crippen LogP contribution in [0.3, 0.4) is 0 Å². The third-order valence-electron chi connectivity index (χ3n) is 6.09. The predicted molar refractivity (Wildman–Crippen MR) is 123 cm³/mol. The van der Waals surface area contributed by atoms with Crippen molar-refractivity contribution in [2.24, 2.45) is 0 Å². The van der Waals surface area contributed by atoms with E-state index in [0.717, 1.165) is 55.7 Å². The molecule has 2 aromatic carbocycles. The number of anilines is 4. The molecule has 4 aromatic rings. The van der Waals surface area contributed by atoms with Crippen LogP contribution >= 0.6 is 0 Å². The van der Waals surface area contributed by atoms with Crippen LogP contribution in [0.4, 0.5) is 22.9 Å². The van der Waals surface area contributed by atoms with E-state index in [0.29, 0.717) is 0 Å². The lowest BCUT2D eigenvalue weighted by Crippen LogP contribution is -2.36. The number of imidazole rings is 1. The molecule has 0 saturated carbocycles. The van der Waals surface area contributed by atoms with E-state index in [1.165, 1.54) is 16.9 Å². The minimum absolute atomic E-state index is 0.215. The summed E-state index contributed by atoms with van der Waals surface area (Å²) in [6, 6.07) is 17.0. The number of hydrogen-bond acceptors (Lipinski definition) is 6. The zero-order valence-electron chi connectivity index (χ0n) is 17.2. The molecule has 0 radical (unpaired) electrons. The molecule has 0 aliphatic carbocycles. The summed E-state index contributed by atoms with van der Waals surface area (Å²) in [7, 11) is 0. The Balaban J connectivity index is 1.31. The predicted octanol–water partition coefficient (Wildman–Crippen LogP) is 3.87. The van der Waals surface area contributed by atoms with Crippen LogP contribution in [0.1, 0.15) is 17.2 Å². The van der Waals surface area contributed by atoms with Gasteiger partial charge >= 0.3 is 0 Å². The highest BCUT2D eigenvalue weighted by Crippen LogP contribution is 2.36. The summed E-state index contributed by atoms with van der Waals surface area (Å²) in [4.78, 5) is 11.9. The highest BCUT2D eigenvalue weighted by molar-refractivity contribution is 5.71. The fourth-order valence-electron chi connectivity index (χ4n) is 4.46. The van der Waals surface area contributed by atoms with Gasteiger partial charge in [-0.15, -0.1) is 0 Å².